The predicted molar refractivity (Wildman–Crippen MR) is 70.2 cm³/mol. The molecule has 5 heteroatoms. The SMILES string of the molecule is O=c1sc2c(n1CC1(CO)COC1)CCCCC2. The van der Waals surface area contributed by atoms with E-state index in [-0.39, 0.29) is 16.9 Å². The predicted octanol–water partition coefficient (Wildman–Crippen LogP) is 1.19. The first-order valence-corrected chi connectivity index (χ1v) is 7.46. The molecule has 0 bridgehead atoms. The summed E-state index contributed by atoms with van der Waals surface area (Å²) in [5.41, 5.74) is 1.01. The Kier molecular flexibility index (Phi) is 3.30. The maximum atomic E-state index is 12.1. The third kappa shape index (κ3) is 2.04. The molecule has 1 aliphatic carbocycles. The van der Waals surface area contributed by atoms with Crippen LogP contribution in [0.5, 0.6) is 0 Å². The molecular weight excluding hydrogens is 250 g/mol. The van der Waals surface area contributed by atoms with Gasteiger partial charge in [-0.3, -0.25) is 4.79 Å². The fourth-order valence-corrected chi connectivity index (χ4v) is 3.90. The largest absolute Gasteiger partial charge is 0.396 e. The summed E-state index contributed by atoms with van der Waals surface area (Å²) in [6, 6.07) is 0. The number of ether oxygens (including phenoxy) is 1. The van der Waals surface area contributed by atoms with Crippen molar-refractivity contribution in [3.05, 3.63) is 20.2 Å². The summed E-state index contributed by atoms with van der Waals surface area (Å²) in [6.07, 6.45) is 5.68. The third-order valence-corrected chi connectivity index (χ3v) is 5.12. The van der Waals surface area contributed by atoms with Crippen LogP contribution in [-0.2, 0) is 24.1 Å². The average molecular weight is 269 g/mol. The van der Waals surface area contributed by atoms with E-state index in [1.165, 1.54) is 41.2 Å². The van der Waals surface area contributed by atoms with Crippen LogP contribution in [0.1, 0.15) is 29.8 Å². The van der Waals surface area contributed by atoms with Crippen molar-refractivity contribution < 1.29 is 9.84 Å². The number of hydrogen-bond acceptors (Lipinski definition) is 4. The molecule has 0 radical (unpaired) electrons. The number of aryl methyl sites for hydroxylation is 1. The summed E-state index contributed by atoms with van der Waals surface area (Å²) in [7, 11) is 0. The summed E-state index contributed by atoms with van der Waals surface area (Å²) in [5, 5.41) is 9.49. The van der Waals surface area contributed by atoms with E-state index < -0.39 is 0 Å². The maximum Gasteiger partial charge on any atom is 0.307 e. The Bertz CT molecular complexity index is 481. The molecule has 1 aromatic rings. The van der Waals surface area contributed by atoms with Crippen molar-refractivity contribution in [2.45, 2.75) is 38.6 Å². The molecule has 100 valence electrons. The lowest BCUT2D eigenvalue weighted by molar-refractivity contribution is -0.145. The van der Waals surface area contributed by atoms with Crippen LogP contribution >= 0.6 is 11.3 Å². The summed E-state index contributed by atoms with van der Waals surface area (Å²) in [6.45, 7) is 1.86. The Hall–Kier alpha value is -0.650. The molecule has 0 amide bonds. The van der Waals surface area contributed by atoms with Crippen molar-refractivity contribution in [1.82, 2.24) is 4.57 Å². The second-order valence-corrected chi connectivity index (χ2v) is 6.58. The molecule has 4 nitrogen and oxygen atoms in total. The molecule has 3 rings (SSSR count). The summed E-state index contributed by atoms with van der Waals surface area (Å²) < 4.78 is 7.12. The Morgan fingerprint density at radius 1 is 1.28 bits per heavy atom. The van der Waals surface area contributed by atoms with Gasteiger partial charge in [0.1, 0.15) is 0 Å². The van der Waals surface area contributed by atoms with Crippen LogP contribution in [0.4, 0.5) is 0 Å². The number of fused-ring (bicyclic) bond motifs is 1. The van der Waals surface area contributed by atoms with Gasteiger partial charge in [0, 0.05) is 17.1 Å². The van der Waals surface area contributed by atoms with Crippen LogP contribution in [0, 0.1) is 5.41 Å². The standard InChI is InChI=1S/C13H19NO3S/c15-7-13(8-17-9-13)6-14-10-4-2-1-3-5-11(10)18-12(14)16/h15H,1-9H2. The summed E-state index contributed by atoms with van der Waals surface area (Å²) in [4.78, 5) is 13.5. The first-order chi connectivity index (χ1) is 8.74. The molecule has 1 aromatic heterocycles. The average Bonchev–Trinajstić information content (AvgIpc) is 2.51. The monoisotopic (exact) mass is 269 g/mol. The van der Waals surface area contributed by atoms with Crippen molar-refractivity contribution in [1.29, 1.82) is 0 Å². The highest BCUT2D eigenvalue weighted by Gasteiger charge is 2.39. The number of hydrogen-bond donors (Lipinski definition) is 1. The van der Waals surface area contributed by atoms with Gasteiger partial charge in [-0.2, -0.15) is 0 Å². The number of rotatable bonds is 3. The molecule has 0 saturated carbocycles. The van der Waals surface area contributed by atoms with Crippen LogP contribution in [0.2, 0.25) is 0 Å². The van der Waals surface area contributed by atoms with Crippen molar-refractivity contribution >= 4 is 11.3 Å². The maximum absolute atomic E-state index is 12.1. The van der Waals surface area contributed by atoms with Crippen molar-refractivity contribution in [2.24, 2.45) is 5.41 Å². The van der Waals surface area contributed by atoms with Gasteiger partial charge in [0.25, 0.3) is 0 Å². The van der Waals surface area contributed by atoms with Gasteiger partial charge in [-0.15, -0.1) is 0 Å². The molecule has 1 saturated heterocycles. The topological polar surface area (TPSA) is 51.5 Å². The molecule has 0 spiro atoms. The zero-order chi connectivity index (χ0) is 12.6. The zero-order valence-corrected chi connectivity index (χ0v) is 11.3. The second kappa shape index (κ2) is 4.79. The quantitative estimate of drug-likeness (QED) is 0.839. The molecule has 1 fully saturated rings. The lowest BCUT2D eigenvalue weighted by Gasteiger charge is -2.40. The molecule has 2 aliphatic rings. The smallest absolute Gasteiger partial charge is 0.307 e. The van der Waals surface area contributed by atoms with E-state index in [4.69, 9.17) is 4.74 Å². The van der Waals surface area contributed by atoms with E-state index in [1.54, 1.807) is 0 Å². The molecule has 18 heavy (non-hydrogen) atoms. The van der Waals surface area contributed by atoms with Gasteiger partial charge < -0.3 is 14.4 Å². The zero-order valence-electron chi connectivity index (χ0n) is 10.5. The minimum Gasteiger partial charge on any atom is -0.396 e. The fourth-order valence-electron chi connectivity index (χ4n) is 2.82. The van der Waals surface area contributed by atoms with E-state index in [1.807, 2.05) is 4.57 Å². The van der Waals surface area contributed by atoms with E-state index >= 15 is 0 Å². The Labute approximate surface area is 110 Å². The highest BCUT2D eigenvalue weighted by molar-refractivity contribution is 7.09. The van der Waals surface area contributed by atoms with Gasteiger partial charge in [0.2, 0.25) is 0 Å². The van der Waals surface area contributed by atoms with Gasteiger partial charge >= 0.3 is 4.87 Å². The molecule has 0 atom stereocenters. The second-order valence-electron chi connectivity index (χ2n) is 5.54. The van der Waals surface area contributed by atoms with Gasteiger partial charge in [0.15, 0.2) is 0 Å². The Morgan fingerprint density at radius 3 is 2.72 bits per heavy atom. The van der Waals surface area contributed by atoms with Crippen LogP contribution in [0.3, 0.4) is 0 Å². The molecule has 0 unspecified atom stereocenters. The van der Waals surface area contributed by atoms with Crippen LogP contribution in [0.25, 0.3) is 0 Å². The highest BCUT2D eigenvalue weighted by atomic mass is 32.1. The number of thiazole rings is 1. The number of aliphatic hydroxyl groups excluding tert-OH is 1. The van der Waals surface area contributed by atoms with Crippen molar-refractivity contribution in [3.8, 4) is 0 Å². The molecule has 2 heterocycles. The van der Waals surface area contributed by atoms with Crippen LogP contribution in [0.15, 0.2) is 4.79 Å². The van der Waals surface area contributed by atoms with Crippen LogP contribution < -0.4 is 4.87 Å². The lowest BCUT2D eigenvalue weighted by atomic mass is 9.87. The van der Waals surface area contributed by atoms with E-state index in [9.17, 15) is 9.90 Å². The summed E-state index contributed by atoms with van der Waals surface area (Å²) in [5.74, 6) is 0. The fraction of sp³-hybridized carbons (Fsp3) is 0.769. The lowest BCUT2D eigenvalue weighted by Crippen LogP contribution is -2.50. The Morgan fingerprint density at radius 2 is 2.06 bits per heavy atom. The molecular formula is C13H19NO3S. The minimum absolute atomic E-state index is 0.101. The van der Waals surface area contributed by atoms with Crippen molar-refractivity contribution in [3.63, 3.8) is 0 Å². The highest BCUT2D eigenvalue weighted by Crippen LogP contribution is 2.31. The minimum atomic E-state index is -0.217. The molecule has 1 N–H and O–H groups in total. The van der Waals surface area contributed by atoms with E-state index in [2.05, 4.69) is 0 Å². The van der Waals surface area contributed by atoms with E-state index in [0.29, 0.717) is 19.8 Å². The Balaban J connectivity index is 1.91. The number of nitrogens with zero attached hydrogens (tertiary/aromatic N) is 1. The van der Waals surface area contributed by atoms with E-state index in [0.717, 1.165) is 12.8 Å². The third-order valence-electron chi connectivity index (χ3n) is 4.04. The van der Waals surface area contributed by atoms with Crippen LogP contribution in [-0.4, -0.2) is 29.5 Å². The number of aliphatic hydroxyl groups is 1. The first kappa shape index (κ1) is 12.4. The summed E-state index contributed by atoms with van der Waals surface area (Å²) >= 11 is 1.40. The number of aromatic nitrogens is 1. The molecule has 1 aliphatic heterocycles. The van der Waals surface area contributed by atoms with Gasteiger partial charge in [0.05, 0.1) is 25.2 Å². The molecule has 0 aromatic carbocycles. The van der Waals surface area contributed by atoms with Crippen molar-refractivity contribution in [2.75, 3.05) is 19.8 Å². The normalized spacial score (nSPS) is 22.1. The first-order valence-electron chi connectivity index (χ1n) is 6.64. The van der Waals surface area contributed by atoms with Gasteiger partial charge in [-0.05, 0) is 25.7 Å². The van der Waals surface area contributed by atoms with Gasteiger partial charge in [-0.1, -0.05) is 17.8 Å². The van der Waals surface area contributed by atoms with Gasteiger partial charge in [-0.25, -0.2) is 0 Å².